The first-order valence-corrected chi connectivity index (χ1v) is 6.89. The minimum atomic E-state index is 0.496. The van der Waals surface area contributed by atoms with Crippen LogP contribution >= 0.6 is 11.6 Å². The second kappa shape index (κ2) is 4.82. The zero-order valence-corrected chi connectivity index (χ0v) is 11.8. The maximum atomic E-state index is 6.21. The Bertz CT molecular complexity index is 621. The molecule has 0 unspecified atom stereocenters. The summed E-state index contributed by atoms with van der Waals surface area (Å²) in [7, 11) is 0. The van der Waals surface area contributed by atoms with Crippen molar-refractivity contribution >= 4 is 23.1 Å². The molecule has 2 aromatic rings. The maximum Gasteiger partial charge on any atom is 0.138 e. The molecule has 0 amide bonds. The topological polar surface area (TPSA) is 37.8 Å². The molecule has 0 atom stereocenters. The molecule has 1 fully saturated rings. The Morgan fingerprint density at radius 1 is 1.16 bits per heavy atom. The van der Waals surface area contributed by atoms with Gasteiger partial charge in [-0.1, -0.05) is 29.8 Å². The Labute approximate surface area is 118 Å². The van der Waals surface area contributed by atoms with Crippen molar-refractivity contribution in [3.8, 4) is 0 Å². The Balaban J connectivity index is 1.98. The Morgan fingerprint density at radius 2 is 1.89 bits per heavy atom. The zero-order valence-electron chi connectivity index (χ0n) is 11.1. The molecule has 98 valence electrons. The molecule has 0 saturated heterocycles. The van der Waals surface area contributed by atoms with Crippen LogP contribution in [-0.2, 0) is 0 Å². The zero-order chi connectivity index (χ0) is 13.4. The van der Waals surface area contributed by atoms with Crippen LogP contribution in [0.3, 0.4) is 0 Å². The molecule has 0 aliphatic heterocycles. The first-order chi connectivity index (χ1) is 9.15. The smallest absolute Gasteiger partial charge is 0.138 e. The van der Waals surface area contributed by atoms with Gasteiger partial charge in [-0.25, -0.2) is 9.97 Å². The lowest BCUT2D eigenvalue weighted by Gasteiger charge is -2.12. The van der Waals surface area contributed by atoms with E-state index < -0.39 is 0 Å². The van der Waals surface area contributed by atoms with Crippen LogP contribution in [-0.4, -0.2) is 9.97 Å². The minimum Gasteiger partial charge on any atom is -0.340 e. The molecular weight excluding hydrogens is 258 g/mol. The number of anilines is 2. The van der Waals surface area contributed by atoms with E-state index in [9.17, 15) is 0 Å². The highest BCUT2D eigenvalue weighted by Gasteiger charge is 2.28. The summed E-state index contributed by atoms with van der Waals surface area (Å²) < 4.78 is 0. The van der Waals surface area contributed by atoms with Crippen LogP contribution in [0.15, 0.2) is 24.3 Å². The Morgan fingerprint density at radius 3 is 2.58 bits per heavy atom. The van der Waals surface area contributed by atoms with Gasteiger partial charge >= 0.3 is 0 Å². The van der Waals surface area contributed by atoms with Crippen LogP contribution in [0.25, 0.3) is 0 Å². The standard InChI is InChI=1S/C15H16ClN3/c1-9-5-3-4-6-12(9)17-14-10(2)13(16)18-15(19-14)11-7-8-11/h3-6,11H,7-8H2,1-2H3,(H,17,18,19). The molecule has 4 heteroatoms. The van der Waals surface area contributed by atoms with Gasteiger partial charge in [-0.15, -0.1) is 0 Å². The number of nitrogens with zero attached hydrogens (tertiary/aromatic N) is 2. The SMILES string of the molecule is Cc1ccccc1Nc1nc(C2CC2)nc(Cl)c1C. The lowest BCUT2D eigenvalue weighted by Crippen LogP contribution is -2.03. The van der Waals surface area contributed by atoms with Gasteiger partial charge in [0.2, 0.25) is 0 Å². The summed E-state index contributed by atoms with van der Waals surface area (Å²) in [5.41, 5.74) is 3.14. The van der Waals surface area contributed by atoms with Crippen LogP contribution in [0.2, 0.25) is 5.15 Å². The van der Waals surface area contributed by atoms with Crippen LogP contribution in [0.1, 0.15) is 35.7 Å². The predicted molar refractivity (Wildman–Crippen MR) is 78.2 cm³/mol. The van der Waals surface area contributed by atoms with E-state index in [4.69, 9.17) is 11.6 Å². The van der Waals surface area contributed by atoms with Gasteiger partial charge in [0.1, 0.15) is 16.8 Å². The van der Waals surface area contributed by atoms with Crippen molar-refractivity contribution in [1.82, 2.24) is 9.97 Å². The van der Waals surface area contributed by atoms with Crippen molar-refractivity contribution in [3.05, 3.63) is 46.4 Å². The van der Waals surface area contributed by atoms with Crippen molar-refractivity contribution in [2.75, 3.05) is 5.32 Å². The number of para-hydroxylation sites is 1. The van der Waals surface area contributed by atoms with Gasteiger partial charge in [0, 0.05) is 17.2 Å². The van der Waals surface area contributed by atoms with Gasteiger partial charge in [-0.05, 0) is 38.3 Å². The van der Waals surface area contributed by atoms with E-state index in [1.54, 1.807) is 0 Å². The Kier molecular flexibility index (Phi) is 3.15. The van der Waals surface area contributed by atoms with Gasteiger partial charge in [-0.2, -0.15) is 0 Å². The summed E-state index contributed by atoms with van der Waals surface area (Å²) in [6, 6.07) is 8.15. The van der Waals surface area contributed by atoms with Crippen molar-refractivity contribution < 1.29 is 0 Å². The van der Waals surface area contributed by atoms with Crippen molar-refractivity contribution in [2.45, 2.75) is 32.6 Å². The van der Waals surface area contributed by atoms with Crippen LogP contribution in [0.5, 0.6) is 0 Å². The molecule has 1 aliphatic carbocycles. The summed E-state index contributed by atoms with van der Waals surface area (Å²) in [5.74, 6) is 2.18. The van der Waals surface area contributed by atoms with Crippen LogP contribution in [0, 0.1) is 13.8 Å². The fraction of sp³-hybridized carbons (Fsp3) is 0.333. The van der Waals surface area contributed by atoms with E-state index in [0.717, 1.165) is 22.9 Å². The molecule has 0 bridgehead atoms. The van der Waals surface area contributed by atoms with Crippen molar-refractivity contribution in [1.29, 1.82) is 0 Å². The molecule has 1 saturated carbocycles. The van der Waals surface area contributed by atoms with Gasteiger partial charge in [-0.3, -0.25) is 0 Å². The molecule has 0 spiro atoms. The quantitative estimate of drug-likeness (QED) is 0.844. The molecule has 1 heterocycles. The average molecular weight is 274 g/mol. The average Bonchev–Trinajstić information content (AvgIpc) is 3.21. The number of rotatable bonds is 3. The van der Waals surface area contributed by atoms with E-state index in [1.807, 2.05) is 25.1 Å². The molecule has 3 rings (SSSR count). The van der Waals surface area contributed by atoms with Crippen LogP contribution in [0.4, 0.5) is 11.5 Å². The molecule has 1 aliphatic rings. The molecule has 3 nitrogen and oxygen atoms in total. The number of benzene rings is 1. The summed E-state index contributed by atoms with van der Waals surface area (Å²) in [6.07, 6.45) is 2.34. The third kappa shape index (κ3) is 2.56. The van der Waals surface area contributed by atoms with Gasteiger partial charge < -0.3 is 5.32 Å². The highest BCUT2D eigenvalue weighted by molar-refractivity contribution is 6.30. The second-order valence-electron chi connectivity index (χ2n) is 5.06. The van der Waals surface area contributed by atoms with E-state index in [1.165, 1.54) is 18.4 Å². The van der Waals surface area contributed by atoms with E-state index in [0.29, 0.717) is 11.1 Å². The van der Waals surface area contributed by atoms with Crippen molar-refractivity contribution in [3.63, 3.8) is 0 Å². The fourth-order valence-corrected chi connectivity index (χ4v) is 2.17. The highest BCUT2D eigenvalue weighted by Crippen LogP contribution is 2.39. The normalized spacial score (nSPS) is 14.5. The number of nitrogens with one attached hydrogen (secondary N) is 1. The molecule has 19 heavy (non-hydrogen) atoms. The number of aryl methyl sites for hydroxylation is 1. The van der Waals surface area contributed by atoms with E-state index in [-0.39, 0.29) is 0 Å². The van der Waals surface area contributed by atoms with E-state index in [2.05, 4.69) is 28.3 Å². The summed E-state index contributed by atoms with van der Waals surface area (Å²) in [6.45, 7) is 4.02. The summed E-state index contributed by atoms with van der Waals surface area (Å²) in [5, 5.41) is 3.92. The molecule has 1 aromatic heterocycles. The van der Waals surface area contributed by atoms with Gasteiger partial charge in [0.05, 0.1) is 0 Å². The molecule has 1 aromatic carbocycles. The fourth-order valence-electron chi connectivity index (χ4n) is 1.99. The number of aromatic nitrogens is 2. The molecule has 0 radical (unpaired) electrons. The molecular formula is C15H16ClN3. The highest BCUT2D eigenvalue weighted by atomic mass is 35.5. The van der Waals surface area contributed by atoms with Crippen LogP contribution < -0.4 is 5.32 Å². The molecule has 1 N–H and O–H groups in total. The minimum absolute atomic E-state index is 0.496. The number of hydrogen-bond acceptors (Lipinski definition) is 3. The lowest BCUT2D eigenvalue weighted by molar-refractivity contribution is 0.921. The predicted octanol–water partition coefficient (Wildman–Crippen LogP) is 4.37. The second-order valence-corrected chi connectivity index (χ2v) is 5.42. The van der Waals surface area contributed by atoms with Crippen molar-refractivity contribution in [2.24, 2.45) is 0 Å². The third-order valence-corrected chi connectivity index (χ3v) is 3.81. The monoisotopic (exact) mass is 273 g/mol. The Hall–Kier alpha value is -1.61. The maximum absolute atomic E-state index is 6.21. The summed E-state index contributed by atoms with van der Waals surface area (Å²) >= 11 is 6.21. The lowest BCUT2D eigenvalue weighted by atomic mass is 10.2. The largest absolute Gasteiger partial charge is 0.340 e. The first kappa shape index (κ1) is 12.4. The van der Waals surface area contributed by atoms with Gasteiger partial charge in [0.25, 0.3) is 0 Å². The number of halogens is 1. The van der Waals surface area contributed by atoms with Gasteiger partial charge in [0.15, 0.2) is 0 Å². The summed E-state index contributed by atoms with van der Waals surface area (Å²) in [4.78, 5) is 9.00. The van der Waals surface area contributed by atoms with E-state index >= 15 is 0 Å². The first-order valence-electron chi connectivity index (χ1n) is 6.52. The number of hydrogen-bond donors (Lipinski definition) is 1. The third-order valence-electron chi connectivity index (χ3n) is 3.44.